The summed E-state index contributed by atoms with van der Waals surface area (Å²) in [5.74, 6) is 0. The van der Waals surface area contributed by atoms with Crippen LogP contribution in [0.4, 0.5) is 4.79 Å². The number of carboxylic acid groups (broad SMARTS) is 1. The fraction of sp³-hybridized carbons (Fsp3) is 0.900. The van der Waals surface area contributed by atoms with Crippen molar-refractivity contribution in [1.82, 2.24) is 9.80 Å². The second-order valence-electron chi connectivity index (χ2n) is 4.45. The lowest BCUT2D eigenvalue weighted by atomic mass is 10.1. The van der Waals surface area contributed by atoms with E-state index in [0.717, 1.165) is 25.9 Å². The Bertz CT molecular complexity index is 238. The van der Waals surface area contributed by atoms with Crippen LogP contribution in [0.15, 0.2) is 0 Å². The van der Waals surface area contributed by atoms with Gasteiger partial charge in [-0.3, -0.25) is 9.80 Å². The molecule has 1 amide bonds. The molecule has 0 saturated carbocycles. The predicted molar refractivity (Wildman–Crippen MR) is 53.2 cm³/mol. The largest absolute Gasteiger partial charge is 0.465 e. The van der Waals surface area contributed by atoms with Crippen LogP contribution < -0.4 is 0 Å². The third-order valence-electron chi connectivity index (χ3n) is 3.63. The maximum Gasteiger partial charge on any atom is 0.408 e. The van der Waals surface area contributed by atoms with Gasteiger partial charge in [-0.15, -0.1) is 0 Å². The molecule has 2 saturated heterocycles. The van der Waals surface area contributed by atoms with Crippen molar-refractivity contribution in [3.8, 4) is 0 Å². The molecule has 2 rings (SSSR count). The fourth-order valence-corrected chi connectivity index (χ4v) is 2.78. The average Bonchev–Trinajstić information content (AvgIpc) is 2.71. The molecule has 1 atom stereocenters. The molecule has 0 aromatic carbocycles. The molecule has 4 nitrogen and oxygen atoms in total. The molecule has 0 aromatic rings. The molecule has 2 aliphatic heterocycles. The second kappa shape index (κ2) is 3.42. The Balaban J connectivity index is 2.15. The molecule has 2 fully saturated rings. The summed E-state index contributed by atoms with van der Waals surface area (Å²) < 4.78 is 0. The van der Waals surface area contributed by atoms with Crippen LogP contribution in [0.2, 0.25) is 0 Å². The molecule has 0 unspecified atom stereocenters. The molecule has 0 bridgehead atoms. The van der Waals surface area contributed by atoms with Crippen LogP contribution >= 0.6 is 0 Å². The topological polar surface area (TPSA) is 43.8 Å². The van der Waals surface area contributed by atoms with Crippen LogP contribution in [-0.2, 0) is 0 Å². The van der Waals surface area contributed by atoms with Crippen molar-refractivity contribution in [3.05, 3.63) is 0 Å². The number of likely N-dealkylation sites (tertiary alicyclic amines) is 2. The highest BCUT2D eigenvalue weighted by Gasteiger charge is 2.44. The molecule has 14 heavy (non-hydrogen) atoms. The minimum atomic E-state index is -0.767. The second-order valence-corrected chi connectivity index (χ2v) is 4.45. The van der Waals surface area contributed by atoms with Crippen LogP contribution in [0, 0.1) is 0 Å². The van der Waals surface area contributed by atoms with Crippen molar-refractivity contribution in [2.45, 2.75) is 38.3 Å². The van der Waals surface area contributed by atoms with E-state index in [1.54, 1.807) is 4.90 Å². The van der Waals surface area contributed by atoms with Crippen molar-refractivity contribution < 1.29 is 9.90 Å². The van der Waals surface area contributed by atoms with E-state index in [1.807, 2.05) is 0 Å². The van der Waals surface area contributed by atoms with Gasteiger partial charge in [0.15, 0.2) is 0 Å². The number of carbonyl (C=O) groups is 1. The van der Waals surface area contributed by atoms with E-state index in [0.29, 0.717) is 6.54 Å². The summed E-state index contributed by atoms with van der Waals surface area (Å²) in [4.78, 5) is 15.0. The van der Waals surface area contributed by atoms with Crippen LogP contribution in [0.3, 0.4) is 0 Å². The lowest BCUT2D eigenvalue weighted by molar-refractivity contribution is 0.00822. The molecule has 0 spiro atoms. The molecule has 0 aromatic heterocycles. The van der Waals surface area contributed by atoms with Gasteiger partial charge in [0.1, 0.15) is 0 Å². The first-order valence-corrected chi connectivity index (χ1v) is 5.40. The van der Waals surface area contributed by atoms with Crippen LogP contribution in [-0.4, -0.2) is 46.3 Å². The summed E-state index contributed by atoms with van der Waals surface area (Å²) in [5, 5.41) is 9.11. The molecule has 2 aliphatic rings. The summed E-state index contributed by atoms with van der Waals surface area (Å²) in [6, 6.07) is 0. The number of hydrogen-bond acceptors (Lipinski definition) is 2. The zero-order valence-corrected chi connectivity index (χ0v) is 8.70. The summed E-state index contributed by atoms with van der Waals surface area (Å²) in [7, 11) is 0. The molecule has 1 N–H and O–H groups in total. The lowest BCUT2D eigenvalue weighted by Crippen LogP contribution is -2.55. The van der Waals surface area contributed by atoms with Gasteiger partial charge < -0.3 is 5.11 Å². The van der Waals surface area contributed by atoms with E-state index in [9.17, 15) is 4.79 Å². The molecule has 4 heteroatoms. The van der Waals surface area contributed by atoms with Crippen molar-refractivity contribution in [1.29, 1.82) is 0 Å². The SMILES string of the molecule is C[C@@]1(N2CCCC2)CCCN1C(=O)O. The Labute approximate surface area is 84.5 Å². The summed E-state index contributed by atoms with van der Waals surface area (Å²) in [5.41, 5.74) is -0.220. The van der Waals surface area contributed by atoms with Crippen LogP contribution in [0.1, 0.15) is 32.6 Å². The Hall–Kier alpha value is -0.770. The summed E-state index contributed by atoms with van der Waals surface area (Å²) in [6.07, 6.45) is 3.64. The molecule has 2 heterocycles. The normalized spacial score (nSPS) is 33.9. The van der Waals surface area contributed by atoms with Gasteiger partial charge in [-0.2, -0.15) is 0 Å². The third kappa shape index (κ3) is 1.38. The first kappa shape index (κ1) is 9.77. The zero-order chi connectivity index (χ0) is 10.2. The fourth-order valence-electron chi connectivity index (χ4n) is 2.78. The zero-order valence-electron chi connectivity index (χ0n) is 8.70. The first-order valence-electron chi connectivity index (χ1n) is 5.40. The summed E-state index contributed by atoms with van der Waals surface area (Å²) >= 11 is 0. The van der Waals surface area contributed by atoms with Gasteiger partial charge in [-0.05, 0) is 32.6 Å². The monoisotopic (exact) mass is 198 g/mol. The Morgan fingerprint density at radius 2 is 1.86 bits per heavy atom. The quantitative estimate of drug-likeness (QED) is 0.695. The molecular weight excluding hydrogens is 180 g/mol. The van der Waals surface area contributed by atoms with Gasteiger partial charge >= 0.3 is 6.09 Å². The predicted octanol–water partition coefficient (Wildman–Crippen LogP) is 1.57. The molecule has 80 valence electrons. The molecule has 0 radical (unpaired) electrons. The van der Waals surface area contributed by atoms with Crippen molar-refractivity contribution in [2.75, 3.05) is 19.6 Å². The maximum absolute atomic E-state index is 11.1. The number of amides is 1. The Morgan fingerprint density at radius 3 is 2.43 bits per heavy atom. The van der Waals surface area contributed by atoms with Crippen LogP contribution in [0.5, 0.6) is 0 Å². The highest BCUT2D eigenvalue weighted by molar-refractivity contribution is 5.66. The summed E-state index contributed by atoms with van der Waals surface area (Å²) in [6.45, 7) is 4.88. The first-order chi connectivity index (χ1) is 6.64. The van der Waals surface area contributed by atoms with E-state index in [-0.39, 0.29) is 5.66 Å². The minimum Gasteiger partial charge on any atom is -0.465 e. The van der Waals surface area contributed by atoms with Gasteiger partial charge in [-0.1, -0.05) is 0 Å². The van der Waals surface area contributed by atoms with Gasteiger partial charge in [0.05, 0.1) is 5.66 Å². The van der Waals surface area contributed by atoms with Gasteiger partial charge in [-0.25, -0.2) is 4.79 Å². The number of hydrogen-bond donors (Lipinski definition) is 1. The van der Waals surface area contributed by atoms with Crippen LogP contribution in [0.25, 0.3) is 0 Å². The highest BCUT2D eigenvalue weighted by atomic mass is 16.4. The average molecular weight is 198 g/mol. The van der Waals surface area contributed by atoms with Gasteiger partial charge in [0, 0.05) is 19.6 Å². The van der Waals surface area contributed by atoms with E-state index >= 15 is 0 Å². The van der Waals surface area contributed by atoms with Gasteiger partial charge in [0.2, 0.25) is 0 Å². The molecule has 0 aliphatic carbocycles. The van der Waals surface area contributed by atoms with Crippen molar-refractivity contribution in [3.63, 3.8) is 0 Å². The van der Waals surface area contributed by atoms with Crippen molar-refractivity contribution >= 4 is 6.09 Å². The Morgan fingerprint density at radius 1 is 1.21 bits per heavy atom. The Kier molecular flexibility index (Phi) is 2.39. The lowest BCUT2D eigenvalue weighted by Gasteiger charge is -2.41. The standard InChI is InChI=1S/C10H18N2O2/c1-10(11-6-2-3-7-11)5-4-8-12(10)9(13)14/h2-8H2,1H3,(H,13,14)/t10-/m0/s1. The number of rotatable bonds is 1. The van der Waals surface area contributed by atoms with E-state index in [1.165, 1.54) is 12.8 Å². The van der Waals surface area contributed by atoms with Crippen molar-refractivity contribution in [2.24, 2.45) is 0 Å². The van der Waals surface area contributed by atoms with E-state index in [2.05, 4.69) is 11.8 Å². The number of nitrogens with zero attached hydrogens (tertiary/aromatic N) is 2. The minimum absolute atomic E-state index is 0.220. The van der Waals surface area contributed by atoms with E-state index in [4.69, 9.17) is 5.11 Å². The molecular formula is C10H18N2O2. The third-order valence-corrected chi connectivity index (χ3v) is 3.63. The maximum atomic E-state index is 11.1. The van der Waals surface area contributed by atoms with E-state index < -0.39 is 6.09 Å². The van der Waals surface area contributed by atoms with Gasteiger partial charge in [0.25, 0.3) is 0 Å². The highest BCUT2D eigenvalue weighted by Crippen LogP contribution is 2.34. The smallest absolute Gasteiger partial charge is 0.408 e.